The number of aromatic nitrogens is 2. The maximum Gasteiger partial charge on any atom is 0.0537 e. The Morgan fingerprint density at radius 3 is 3.00 bits per heavy atom. The smallest absolute Gasteiger partial charge is 0.0537 e. The van der Waals surface area contributed by atoms with Gasteiger partial charge in [-0.2, -0.15) is 5.10 Å². The van der Waals surface area contributed by atoms with Gasteiger partial charge in [0.25, 0.3) is 0 Å². The van der Waals surface area contributed by atoms with Crippen molar-refractivity contribution in [2.24, 2.45) is 0 Å². The van der Waals surface area contributed by atoms with E-state index in [1.807, 2.05) is 10.9 Å². The van der Waals surface area contributed by atoms with Gasteiger partial charge >= 0.3 is 0 Å². The first kappa shape index (κ1) is 12.4. The highest BCUT2D eigenvalue weighted by atomic mass is 15.3. The van der Waals surface area contributed by atoms with Crippen molar-refractivity contribution in [3.63, 3.8) is 0 Å². The summed E-state index contributed by atoms with van der Waals surface area (Å²) >= 11 is 0. The van der Waals surface area contributed by atoms with E-state index in [-0.39, 0.29) is 0 Å². The molecule has 19 heavy (non-hydrogen) atoms. The van der Waals surface area contributed by atoms with E-state index in [4.69, 9.17) is 0 Å². The maximum atomic E-state index is 4.41. The molecule has 1 aliphatic rings. The van der Waals surface area contributed by atoms with E-state index in [0.717, 1.165) is 6.54 Å². The molecule has 0 saturated heterocycles. The maximum absolute atomic E-state index is 4.41. The fourth-order valence-electron chi connectivity index (χ4n) is 3.25. The van der Waals surface area contributed by atoms with E-state index in [9.17, 15) is 0 Å². The van der Waals surface area contributed by atoms with Crippen LogP contribution in [0.1, 0.15) is 42.0 Å². The van der Waals surface area contributed by atoms with Crippen LogP contribution in [-0.2, 0) is 13.0 Å². The van der Waals surface area contributed by atoms with Gasteiger partial charge in [-0.15, -0.1) is 0 Å². The lowest BCUT2D eigenvalue weighted by Crippen LogP contribution is -2.22. The summed E-state index contributed by atoms with van der Waals surface area (Å²) in [6, 6.07) is 9.20. The van der Waals surface area contributed by atoms with Crippen LogP contribution in [0.2, 0.25) is 0 Å². The van der Waals surface area contributed by atoms with Crippen molar-refractivity contribution >= 4 is 0 Å². The van der Waals surface area contributed by atoms with E-state index in [1.165, 1.54) is 29.5 Å². The first-order valence-corrected chi connectivity index (χ1v) is 7.11. The van der Waals surface area contributed by atoms with E-state index in [0.29, 0.717) is 12.0 Å². The molecule has 0 spiro atoms. The number of rotatable bonds is 4. The summed E-state index contributed by atoms with van der Waals surface area (Å²) in [6.45, 7) is 3.05. The third-order valence-corrected chi connectivity index (χ3v) is 4.23. The summed E-state index contributed by atoms with van der Waals surface area (Å²) in [5.74, 6) is 0.565. The number of nitrogens with zero attached hydrogens (tertiary/aromatic N) is 2. The second-order valence-corrected chi connectivity index (χ2v) is 5.24. The zero-order valence-corrected chi connectivity index (χ0v) is 11.6. The second-order valence-electron chi connectivity index (χ2n) is 5.24. The fourth-order valence-corrected chi connectivity index (χ4v) is 3.25. The molecule has 1 N–H and O–H groups in total. The van der Waals surface area contributed by atoms with Crippen molar-refractivity contribution in [3.05, 3.63) is 53.3 Å². The van der Waals surface area contributed by atoms with Crippen LogP contribution in [0.3, 0.4) is 0 Å². The Hall–Kier alpha value is -1.61. The van der Waals surface area contributed by atoms with Gasteiger partial charge < -0.3 is 5.32 Å². The van der Waals surface area contributed by atoms with Crippen molar-refractivity contribution in [1.29, 1.82) is 0 Å². The van der Waals surface area contributed by atoms with Crippen LogP contribution in [0.4, 0.5) is 0 Å². The molecule has 1 aliphatic carbocycles. The van der Waals surface area contributed by atoms with Crippen molar-refractivity contribution in [3.8, 4) is 0 Å². The van der Waals surface area contributed by atoms with Gasteiger partial charge in [0, 0.05) is 30.3 Å². The SMILES string of the molecule is CCn1cc(C(NC)C2CCc3ccccc32)cn1. The summed E-state index contributed by atoms with van der Waals surface area (Å²) in [5.41, 5.74) is 4.31. The van der Waals surface area contributed by atoms with Crippen LogP contribution >= 0.6 is 0 Å². The van der Waals surface area contributed by atoms with Gasteiger partial charge in [-0.1, -0.05) is 24.3 Å². The molecule has 1 aromatic heterocycles. The average Bonchev–Trinajstić information content (AvgIpc) is 3.07. The molecule has 1 aromatic carbocycles. The lowest BCUT2D eigenvalue weighted by atomic mass is 9.90. The molecular weight excluding hydrogens is 234 g/mol. The number of benzene rings is 1. The van der Waals surface area contributed by atoms with Crippen LogP contribution in [-0.4, -0.2) is 16.8 Å². The van der Waals surface area contributed by atoms with Crippen LogP contribution in [0.25, 0.3) is 0 Å². The number of hydrogen-bond donors (Lipinski definition) is 1. The third kappa shape index (κ3) is 2.19. The predicted octanol–water partition coefficient (Wildman–Crippen LogP) is 2.89. The molecule has 0 radical (unpaired) electrons. The minimum atomic E-state index is 0.365. The van der Waals surface area contributed by atoms with Gasteiger partial charge in [-0.25, -0.2) is 0 Å². The minimum absolute atomic E-state index is 0.365. The van der Waals surface area contributed by atoms with Gasteiger partial charge in [0.1, 0.15) is 0 Å². The quantitative estimate of drug-likeness (QED) is 0.910. The van der Waals surface area contributed by atoms with Gasteiger partial charge in [0.05, 0.1) is 6.20 Å². The largest absolute Gasteiger partial charge is 0.312 e. The first-order valence-electron chi connectivity index (χ1n) is 7.11. The summed E-state index contributed by atoms with van der Waals surface area (Å²) in [5, 5.41) is 7.89. The molecule has 0 saturated carbocycles. The Morgan fingerprint density at radius 1 is 1.42 bits per heavy atom. The molecule has 0 amide bonds. The van der Waals surface area contributed by atoms with Crippen molar-refractivity contribution in [1.82, 2.24) is 15.1 Å². The monoisotopic (exact) mass is 255 g/mol. The highest BCUT2D eigenvalue weighted by molar-refractivity contribution is 5.37. The molecule has 0 aliphatic heterocycles. The molecule has 2 aromatic rings. The van der Waals surface area contributed by atoms with Gasteiger partial charge in [-0.3, -0.25) is 4.68 Å². The molecule has 2 unspecified atom stereocenters. The van der Waals surface area contributed by atoms with Gasteiger partial charge in [0.15, 0.2) is 0 Å². The Kier molecular flexibility index (Phi) is 3.38. The lowest BCUT2D eigenvalue weighted by Gasteiger charge is -2.23. The van der Waals surface area contributed by atoms with E-state index in [1.54, 1.807) is 0 Å². The van der Waals surface area contributed by atoms with Crippen molar-refractivity contribution < 1.29 is 0 Å². The number of aryl methyl sites for hydroxylation is 2. The zero-order chi connectivity index (χ0) is 13.2. The predicted molar refractivity (Wildman–Crippen MR) is 77.2 cm³/mol. The molecule has 0 bridgehead atoms. The molecule has 2 atom stereocenters. The number of likely N-dealkylation sites (N-methyl/N-ethyl adjacent to an activating group) is 1. The van der Waals surface area contributed by atoms with Gasteiger partial charge in [-0.05, 0) is 37.9 Å². The molecule has 3 nitrogen and oxygen atoms in total. The van der Waals surface area contributed by atoms with Crippen LogP contribution < -0.4 is 5.32 Å². The van der Waals surface area contributed by atoms with Crippen LogP contribution in [0.5, 0.6) is 0 Å². The molecule has 3 rings (SSSR count). The third-order valence-electron chi connectivity index (χ3n) is 4.23. The number of fused-ring (bicyclic) bond motifs is 1. The summed E-state index contributed by atoms with van der Waals surface area (Å²) in [4.78, 5) is 0. The summed E-state index contributed by atoms with van der Waals surface area (Å²) in [7, 11) is 2.05. The molecule has 100 valence electrons. The fraction of sp³-hybridized carbons (Fsp3) is 0.438. The van der Waals surface area contributed by atoms with Crippen molar-refractivity contribution in [2.75, 3.05) is 7.05 Å². The Labute approximate surface area is 114 Å². The topological polar surface area (TPSA) is 29.9 Å². The Morgan fingerprint density at radius 2 is 2.26 bits per heavy atom. The van der Waals surface area contributed by atoms with Crippen LogP contribution in [0, 0.1) is 0 Å². The number of nitrogens with one attached hydrogen (secondary N) is 1. The first-order chi connectivity index (χ1) is 9.33. The van der Waals surface area contributed by atoms with Crippen LogP contribution in [0.15, 0.2) is 36.7 Å². The van der Waals surface area contributed by atoms with E-state index < -0.39 is 0 Å². The molecule has 3 heteroatoms. The molecule has 0 fully saturated rings. The molecule has 1 heterocycles. The molecular formula is C16H21N3. The highest BCUT2D eigenvalue weighted by Gasteiger charge is 2.30. The summed E-state index contributed by atoms with van der Waals surface area (Å²) in [6.07, 6.45) is 6.59. The Bertz CT molecular complexity index is 559. The van der Waals surface area contributed by atoms with E-state index in [2.05, 4.69) is 54.8 Å². The standard InChI is InChI=1S/C16H21N3/c1-3-19-11-13(10-18-19)16(17-2)15-9-8-12-6-4-5-7-14(12)15/h4-7,10-11,15-17H,3,8-9H2,1-2H3. The van der Waals surface area contributed by atoms with E-state index >= 15 is 0 Å². The minimum Gasteiger partial charge on any atom is -0.312 e. The number of hydrogen-bond acceptors (Lipinski definition) is 2. The highest BCUT2D eigenvalue weighted by Crippen LogP contribution is 2.41. The average molecular weight is 255 g/mol. The van der Waals surface area contributed by atoms with Gasteiger partial charge in [0.2, 0.25) is 0 Å². The zero-order valence-electron chi connectivity index (χ0n) is 11.6. The van der Waals surface area contributed by atoms with Crippen molar-refractivity contribution in [2.45, 2.75) is 38.3 Å². The summed E-state index contributed by atoms with van der Waals surface area (Å²) < 4.78 is 2.00. The Balaban J connectivity index is 1.91. The lowest BCUT2D eigenvalue weighted by molar-refractivity contribution is 0.476. The second kappa shape index (κ2) is 5.17. The normalized spacial score (nSPS) is 19.4.